The van der Waals surface area contributed by atoms with Crippen molar-refractivity contribution < 1.29 is 4.79 Å². The lowest BCUT2D eigenvalue weighted by Gasteiger charge is -2.07. The number of benzene rings is 1. The molecule has 0 aliphatic heterocycles. The minimum absolute atomic E-state index is 0.0110. The Labute approximate surface area is 150 Å². The van der Waals surface area contributed by atoms with E-state index in [1.807, 2.05) is 38.1 Å². The largest absolute Gasteiger partial charge is 0.345 e. The van der Waals surface area contributed by atoms with Crippen LogP contribution >= 0.6 is 11.6 Å². The summed E-state index contributed by atoms with van der Waals surface area (Å²) in [6, 6.07) is 9.82. The minimum Gasteiger partial charge on any atom is -0.345 e. The third-order valence-corrected chi connectivity index (χ3v) is 4.88. The maximum absolute atomic E-state index is 12.7. The number of halogens is 1. The summed E-state index contributed by atoms with van der Waals surface area (Å²) >= 11 is 6.16. The van der Waals surface area contributed by atoms with E-state index in [0.717, 1.165) is 17.0 Å². The zero-order valence-corrected chi connectivity index (χ0v) is 14.9. The van der Waals surface area contributed by atoms with E-state index >= 15 is 0 Å². The summed E-state index contributed by atoms with van der Waals surface area (Å²) in [6.45, 7) is 4.11. The molecule has 1 aliphatic carbocycles. The third kappa shape index (κ3) is 2.98. The maximum Gasteiger partial charge on any atom is 0.206 e. The molecule has 128 valence electrons. The van der Waals surface area contributed by atoms with Crippen molar-refractivity contribution in [3.05, 3.63) is 52.3 Å². The van der Waals surface area contributed by atoms with Crippen LogP contribution in [0.3, 0.4) is 0 Å². The molecule has 0 bridgehead atoms. The Morgan fingerprint density at radius 2 is 2.04 bits per heavy atom. The molecule has 1 aliphatic rings. The second-order valence-electron chi connectivity index (χ2n) is 6.43. The van der Waals surface area contributed by atoms with Gasteiger partial charge in [-0.2, -0.15) is 4.80 Å². The highest BCUT2D eigenvalue weighted by Gasteiger charge is 2.28. The molecule has 0 unspecified atom stereocenters. The second kappa shape index (κ2) is 6.11. The summed E-state index contributed by atoms with van der Waals surface area (Å²) < 4.78 is 2.26. The molecule has 0 N–H and O–H groups in total. The molecule has 1 fully saturated rings. The first-order valence-electron chi connectivity index (χ1n) is 8.29. The van der Waals surface area contributed by atoms with E-state index in [1.165, 1.54) is 17.6 Å². The molecule has 0 radical (unpaired) electrons. The van der Waals surface area contributed by atoms with Gasteiger partial charge in [0.1, 0.15) is 6.54 Å². The van der Waals surface area contributed by atoms with Crippen LogP contribution in [0.4, 0.5) is 0 Å². The molecule has 4 rings (SSSR count). The van der Waals surface area contributed by atoms with Crippen LogP contribution in [-0.4, -0.2) is 30.6 Å². The summed E-state index contributed by atoms with van der Waals surface area (Å²) in [5, 5.41) is 12.9. The first kappa shape index (κ1) is 16.0. The third-order valence-electron chi connectivity index (χ3n) is 4.55. The molecular formula is C18H18ClN5O. The van der Waals surface area contributed by atoms with Crippen LogP contribution in [0.15, 0.2) is 30.3 Å². The monoisotopic (exact) mass is 355 g/mol. The van der Waals surface area contributed by atoms with Crippen molar-refractivity contribution in [1.29, 1.82) is 0 Å². The molecular weight excluding hydrogens is 338 g/mol. The van der Waals surface area contributed by atoms with E-state index in [4.69, 9.17) is 11.6 Å². The van der Waals surface area contributed by atoms with Crippen LogP contribution in [0.2, 0.25) is 5.02 Å². The molecule has 3 aromatic rings. The van der Waals surface area contributed by atoms with Crippen molar-refractivity contribution in [3.63, 3.8) is 0 Å². The first-order chi connectivity index (χ1) is 12.0. The molecule has 2 aromatic heterocycles. The number of tetrazole rings is 1. The van der Waals surface area contributed by atoms with Crippen molar-refractivity contribution in [1.82, 2.24) is 24.8 Å². The number of hydrogen-bond acceptors (Lipinski definition) is 4. The Kier molecular flexibility index (Phi) is 3.92. The van der Waals surface area contributed by atoms with Crippen LogP contribution in [0, 0.1) is 13.8 Å². The van der Waals surface area contributed by atoms with Crippen molar-refractivity contribution in [2.24, 2.45) is 0 Å². The molecule has 0 atom stereocenters. The molecule has 6 nitrogen and oxygen atoms in total. The first-order valence-corrected chi connectivity index (χ1v) is 8.66. The van der Waals surface area contributed by atoms with Gasteiger partial charge in [0.15, 0.2) is 5.78 Å². The lowest BCUT2D eigenvalue weighted by atomic mass is 10.1. The molecule has 0 spiro atoms. The highest BCUT2D eigenvalue weighted by Crippen LogP contribution is 2.38. The molecule has 0 amide bonds. The van der Waals surface area contributed by atoms with Gasteiger partial charge in [-0.3, -0.25) is 4.79 Å². The van der Waals surface area contributed by atoms with Gasteiger partial charge in [-0.25, -0.2) is 0 Å². The van der Waals surface area contributed by atoms with Crippen LogP contribution in [0.25, 0.3) is 11.4 Å². The number of ketones is 1. The van der Waals surface area contributed by atoms with Crippen LogP contribution in [-0.2, 0) is 6.54 Å². The van der Waals surface area contributed by atoms with E-state index in [2.05, 4.69) is 20.0 Å². The second-order valence-corrected chi connectivity index (χ2v) is 6.84. The minimum atomic E-state index is -0.0110. The molecule has 1 aromatic carbocycles. The fourth-order valence-electron chi connectivity index (χ4n) is 3.23. The highest BCUT2D eigenvalue weighted by atomic mass is 35.5. The number of hydrogen-bond donors (Lipinski definition) is 0. The average molecular weight is 356 g/mol. The lowest BCUT2D eigenvalue weighted by molar-refractivity contribution is 0.0960. The van der Waals surface area contributed by atoms with Crippen LogP contribution in [0.5, 0.6) is 0 Å². The maximum atomic E-state index is 12.7. The van der Waals surface area contributed by atoms with Gasteiger partial charge < -0.3 is 4.57 Å². The van der Waals surface area contributed by atoms with E-state index in [1.54, 1.807) is 6.07 Å². The molecule has 1 saturated carbocycles. The van der Waals surface area contributed by atoms with Gasteiger partial charge in [0.2, 0.25) is 5.82 Å². The number of rotatable bonds is 5. The molecule has 7 heteroatoms. The standard InChI is InChI=1S/C18H18ClN5O/c1-11-9-15(12(2)24(11)13-7-8-13)17(25)10-23-21-18(20-22-23)14-5-3-4-6-16(14)19/h3-6,9,13H,7-8,10H2,1-2H3. The van der Waals surface area contributed by atoms with Crippen LogP contribution in [0.1, 0.15) is 40.6 Å². The fraction of sp³-hybridized carbons (Fsp3) is 0.333. The van der Waals surface area contributed by atoms with Crippen molar-refractivity contribution in [2.75, 3.05) is 0 Å². The van der Waals surface area contributed by atoms with Gasteiger partial charge in [-0.05, 0) is 50.1 Å². The summed E-state index contributed by atoms with van der Waals surface area (Å²) in [4.78, 5) is 14.0. The van der Waals surface area contributed by atoms with E-state index in [-0.39, 0.29) is 12.3 Å². The van der Waals surface area contributed by atoms with Gasteiger partial charge in [0.05, 0.1) is 5.02 Å². The predicted molar refractivity (Wildman–Crippen MR) is 94.8 cm³/mol. The van der Waals surface area contributed by atoms with Crippen molar-refractivity contribution >= 4 is 17.4 Å². The normalized spacial score (nSPS) is 14.0. The topological polar surface area (TPSA) is 65.6 Å². The Morgan fingerprint density at radius 1 is 1.28 bits per heavy atom. The zero-order valence-electron chi connectivity index (χ0n) is 14.1. The molecule has 2 heterocycles. The Morgan fingerprint density at radius 3 is 2.76 bits per heavy atom. The van der Waals surface area contributed by atoms with Gasteiger partial charge in [-0.1, -0.05) is 23.7 Å². The highest BCUT2D eigenvalue weighted by molar-refractivity contribution is 6.33. The van der Waals surface area contributed by atoms with E-state index in [9.17, 15) is 4.79 Å². The predicted octanol–water partition coefficient (Wildman–Crippen LogP) is 3.63. The SMILES string of the molecule is Cc1cc(C(=O)Cn2nnc(-c3ccccc3Cl)n2)c(C)n1C1CC1. The van der Waals surface area contributed by atoms with Crippen LogP contribution < -0.4 is 0 Å². The fourth-order valence-corrected chi connectivity index (χ4v) is 3.45. The smallest absolute Gasteiger partial charge is 0.206 e. The summed E-state index contributed by atoms with van der Waals surface area (Å²) in [7, 11) is 0. The average Bonchev–Trinajstić information content (AvgIpc) is 3.23. The summed E-state index contributed by atoms with van der Waals surface area (Å²) in [5.74, 6) is 0.407. The zero-order chi connectivity index (χ0) is 17.6. The summed E-state index contributed by atoms with van der Waals surface area (Å²) in [5.41, 5.74) is 3.60. The van der Waals surface area contributed by atoms with Gasteiger partial charge >= 0.3 is 0 Å². The number of carbonyl (C=O) groups is 1. The van der Waals surface area contributed by atoms with E-state index in [0.29, 0.717) is 22.5 Å². The van der Waals surface area contributed by atoms with Gasteiger partial charge in [0.25, 0.3) is 0 Å². The van der Waals surface area contributed by atoms with Crippen molar-refractivity contribution in [3.8, 4) is 11.4 Å². The number of Topliss-reactive ketones (excluding diaryl/α,β-unsaturated/α-hetero) is 1. The quantitative estimate of drug-likeness (QED) is 0.655. The van der Waals surface area contributed by atoms with Gasteiger partial charge in [0, 0.05) is 28.6 Å². The summed E-state index contributed by atoms with van der Waals surface area (Å²) in [6.07, 6.45) is 2.38. The number of aromatic nitrogens is 5. The van der Waals surface area contributed by atoms with Crippen molar-refractivity contribution in [2.45, 2.75) is 39.3 Å². The Hall–Kier alpha value is -2.47. The number of aryl methyl sites for hydroxylation is 1. The van der Waals surface area contributed by atoms with Gasteiger partial charge in [-0.15, -0.1) is 10.2 Å². The lowest BCUT2D eigenvalue weighted by Crippen LogP contribution is -2.14. The Balaban J connectivity index is 1.56. The molecule has 25 heavy (non-hydrogen) atoms. The van der Waals surface area contributed by atoms with E-state index < -0.39 is 0 Å². The number of carbonyl (C=O) groups excluding carboxylic acids is 1. The Bertz CT molecular complexity index is 954. The molecule has 0 saturated heterocycles. The number of nitrogens with zero attached hydrogens (tertiary/aromatic N) is 5.